The summed E-state index contributed by atoms with van der Waals surface area (Å²) in [5, 5.41) is 11.0. The molecule has 6 heteroatoms. The first-order chi connectivity index (χ1) is 8.60. The third-order valence-electron chi connectivity index (χ3n) is 2.26. The Morgan fingerprint density at radius 2 is 1.47 bits per heavy atom. The van der Waals surface area contributed by atoms with Crippen LogP contribution in [-0.2, 0) is 19.1 Å². The number of esters is 2. The van der Waals surface area contributed by atoms with Crippen molar-refractivity contribution in [3.8, 4) is 5.75 Å². The number of ether oxygens (including phenoxy) is 2. The standard InChI is InChI=1S/C13H16O5.Na/c1-3-17-12(15)11(13(16)18-4-2)9-5-7-10(14)8-6-9;/h5-8,11,14H,3-4H2,1-2H3;/q;+1/p-1. The van der Waals surface area contributed by atoms with E-state index in [4.69, 9.17) is 9.47 Å². The summed E-state index contributed by atoms with van der Waals surface area (Å²) in [5.74, 6) is -2.67. The topological polar surface area (TPSA) is 75.7 Å². The van der Waals surface area contributed by atoms with Gasteiger partial charge in [-0.15, -0.1) is 5.75 Å². The van der Waals surface area contributed by atoms with Crippen molar-refractivity contribution < 1.29 is 53.7 Å². The van der Waals surface area contributed by atoms with E-state index in [9.17, 15) is 14.7 Å². The van der Waals surface area contributed by atoms with Crippen molar-refractivity contribution >= 4 is 11.9 Å². The van der Waals surface area contributed by atoms with Crippen LogP contribution in [0.4, 0.5) is 0 Å². The average Bonchev–Trinajstić information content (AvgIpc) is 2.33. The molecule has 0 saturated heterocycles. The van der Waals surface area contributed by atoms with E-state index >= 15 is 0 Å². The van der Waals surface area contributed by atoms with E-state index in [0.29, 0.717) is 5.56 Å². The molecule has 0 N–H and O–H groups in total. The van der Waals surface area contributed by atoms with Crippen molar-refractivity contribution in [3.63, 3.8) is 0 Å². The van der Waals surface area contributed by atoms with E-state index in [1.54, 1.807) is 13.8 Å². The van der Waals surface area contributed by atoms with E-state index in [0.717, 1.165) is 0 Å². The summed E-state index contributed by atoms with van der Waals surface area (Å²) >= 11 is 0. The molecule has 5 nitrogen and oxygen atoms in total. The molecule has 1 aromatic carbocycles. The first-order valence-corrected chi connectivity index (χ1v) is 5.70. The van der Waals surface area contributed by atoms with E-state index in [1.807, 2.05) is 0 Å². The average molecular weight is 274 g/mol. The molecule has 0 aliphatic rings. The maximum absolute atomic E-state index is 11.7. The molecule has 98 valence electrons. The summed E-state index contributed by atoms with van der Waals surface area (Å²) in [6, 6.07) is 5.45. The molecule has 0 aliphatic carbocycles. The molecule has 1 rings (SSSR count). The van der Waals surface area contributed by atoms with Gasteiger partial charge >= 0.3 is 41.5 Å². The number of rotatable bonds is 5. The van der Waals surface area contributed by atoms with Gasteiger partial charge in [0.15, 0.2) is 5.92 Å². The van der Waals surface area contributed by atoms with Gasteiger partial charge in [0.25, 0.3) is 0 Å². The van der Waals surface area contributed by atoms with Crippen LogP contribution in [0.15, 0.2) is 24.3 Å². The Hall–Kier alpha value is -1.04. The van der Waals surface area contributed by atoms with Crippen molar-refractivity contribution in [2.75, 3.05) is 13.2 Å². The summed E-state index contributed by atoms with van der Waals surface area (Å²) in [4.78, 5) is 23.5. The van der Waals surface area contributed by atoms with Gasteiger partial charge in [-0.1, -0.05) is 24.3 Å². The second-order valence-corrected chi connectivity index (χ2v) is 3.51. The monoisotopic (exact) mass is 274 g/mol. The van der Waals surface area contributed by atoms with E-state index in [1.165, 1.54) is 24.3 Å². The molecule has 1 aromatic rings. The van der Waals surface area contributed by atoms with E-state index in [2.05, 4.69) is 0 Å². The molecular weight excluding hydrogens is 259 g/mol. The van der Waals surface area contributed by atoms with Gasteiger partial charge in [0.1, 0.15) is 0 Å². The zero-order valence-corrected chi connectivity index (χ0v) is 13.3. The maximum atomic E-state index is 11.7. The van der Waals surface area contributed by atoms with Crippen LogP contribution in [0.3, 0.4) is 0 Å². The van der Waals surface area contributed by atoms with Crippen LogP contribution >= 0.6 is 0 Å². The molecule has 0 atom stereocenters. The second-order valence-electron chi connectivity index (χ2n) is 3.51. The van der Waals surface area contributed by atoms with Crippen LogP contribution in [0.2, 0.25) is 0 Å². The molecule has 0 saturated carbocycles. The Bertz CT molecular complexity index is 398. The Balaban J connectivity index is 0.00000324. The van der Waals surface area contributed by atoms with Gasteiger partial charge in [-0.2, -0.15) is 0 Å². The molecule has 0 amide bonds. The Morgan fingerprint density at radius 3 is 1.84 bits per heavy atom. The number of carbonyl (C=O) groups excluding carboxylic acids is 2. The largest absolute Gasteiger partial charge is 1.00 e. The molecule has 0 spiro atoms. The Morgan fingerprint density at radius 1 is 1.05 bits per heavy atom. The van der Waals surface area contributed by atoms with Gasteiger partial charge in [-0.05, 0) is 19.4 Å². The minimum atomic E-state index is -1.13. The third-order valence-corrected chi connectivity index (χ3v) is 2.26. The number of hydrogen-bond acceptors (Lipinski definition) is 5. The van der Waals surface area contributed by atoms with Crippen LogP contribution in [-0.4, -0.2) is 25.2 Å². The zero-order chi connectivity index (χ0) is 13.5. The normalized spacial score (nSPS) is 9.63. The fourth-order valence-corrected chi connectivity index (χ4v) is 1.48. The molecule has 0 aliphatic heterocycles. The zero-order valence-electron chi connectivity index (χ0n) is 11.3. The molecule has 0 heterocycles. The third kappa shape index (κ3) is 5.22. The van der Waals surface area contributed by atoms with Crippen molar-refractivity contribution in [2.24, 2.45) is 0 Å². The van der Waals surface area contributed by atoms with Gasteiger partial charge in [0.05, 0.1) is 13.2 Å². The first kappa shape index (κ1) is 18.0. The minimum absolute atomic E-state index is 0. The minimum Gasteiger partial charge on any atom is -0.872 e. The summed E-state index contributed by atoms with van der Waals surface area (Å²) in [7, 11) is 0. The van der Waals surface area contributed by atoms with Gasteiger partial charge in [0.2, 0.25) is 0 Å². The molecule has 0 aromatic heterocycles. The Labute approximate surface area is 134 Å². The number of hydrogen-bond donors (Lipinski definition) is 0. The molecule has 0 unspecified atom stereocenters. The fourth-order valence-electron chi connectivity index (χ4n) is 1.48. The quantitative estimate of drug-likeness (QED) is 0.352. The summed E-state index contributed by atoms with van der Waals surface area (Å²) < 4.78 is 9.68. The summed E-state index contributed by atoms with van der Waals surface area (Å²) in [5.41, 5.74) is 0.395. The molecule has 0 fully saturated rings. The molecule has 0 bridgehead atoms. The van der Waals surface area contributed by atoms with Crippen molar-refractivity contribution in [2.45, 2.75) is 19.8 Å². The van der Waals surface area contributed by atoms with Gasteiger partial charge < -0.3 is 14.6 Å². The SMILES string of the molecule is CCOC(=O)C(C(=O)OCC)c1ccc([O-])cc1.[Na+]. The number of benzene rings is 1. The Kier molecular flexibility index (Phi) is 8.47. The predicted molar refractivity (Wildman–Crippen MR) is 61.9 cm³/mol. The van der Waals surface area contributed by atoms with Gasteiger partial charge in [-0.25, -0.2) is 0 Å². The van der Waals surface area contributed by atoms with Crippen LogP contribution < -0.4 is 34.7 Å². The molecular formula is C13H15NaO5. The van der Waals surface area contributed by atoms with E-state index < -0.39 is 17.9 Å². The molecule has 19 heavy (non-hydrogen) atoms. The summed E-state index contributed by atoms with van der Waals surface area (Å²) in [6.07, 6.45) is 0. The van der Waals surface area contributed by atoms with Crippen molar-refractivity contribution in [1.82, 2.24) is 0 Å². The van der Waals surface area contributed by atoms with Gasteiger partial charge in [-0.3, -0.25) is 9.59 Å². The maximum Gasteiger partial charge on any atom is 1.00 e. The van der Waals surface area contributed by atoms with Crippen molar-refractivity contribution in [3.05, 3.63) is 29.8 Å². The first-order valence-electron chi connectivity index (χ1n) is 5.70. The second kappa shape index (κ2) is 8.96. The van der Waals surface area contributed by atoms with Crippen molar-refractivity contribution in [1.29, 1.82) is 0 Å². The number of carbonyl (C=O) groups is 2. The van der Waals surface area contributed by atoms with E-state index in [-0.39, 0.29) is 48.5 Å². The smallest absolute Gasteiger partial charge is 0.872 e. The van der Waals surface area contributed by atoms with Crippen LogP contribution in [0.25, 0.3) is 0 Å². The van der Waals surface area contributed by atoms with Crippen LogP contribution in [0.5, 0.6) is 5.75 Å². The molecule has 0 radical (unpaired) electrons. The van der Waals surface area contributed by atoms with Gasteiger partial charge in [0, 0.05) is 0 Å². The summed E-state index contributed by atoms with van der Waals surface area (Å²) in [6.45, 7) is 3.66. The predicted octanol–water partition coefficient (Wildman–Crippen LogP) is -2.03. The fraction of sp³-hybridized carbons (Fsp3) is 0.385. The van der Waals surface area contributed by atoms with Crippen LogP contribution in [0, 0.1) is 0 Å². The van der Waals surface area contributed by atoms with Crippen LogP contribution in [0.1, 0.15) is 25.3 Å².